The Bertz CT molecular complexity index is 670. The number of para-hydroxylation sites is 2. The first kappa shape index (κ1) is 21.5. The van der Waals surface area contributed by atoms with Crippen LogP contribution in [0.3, 0.4) is 0 Å². The van der Waals surface area contributed by atoms with Gasteiger partial charge in [-0.1, -0.05) is 12.1 Å². The van der Waals surface area contributed by atoms with E-state index in [2.05, 4.69) is 27.5 Å². The number of hydrogen-bond acceptors (Lipinski definition) is 6. The number of likely N-dealkylation sites (N-methyl/N-ethyl adjacent to an activating group) is 1. The van der Waals surface area contributed by atoms with Crippen LogP contribution in [0.15, 0.2) is 24.3 Å². The Balaban J connectivity index is 1.38. The molecule has 1 atom stereocenters. The zero-order valence-corrected chi connectivity index (χ0v) is 17.2. The monoisotopic (exact) mass is 404 g/mol. The van der Waals surface area contributed by atoms with Gasteiger partial charge in [0.2, 0.25) is 0 Å². The molecule has 0 spiro atoms. The van der Waals surface area contributed by atoms with E-state index in [0.717, 1.165) is 51.3 Å². The zero-order valence-electron chi connectivity index (χ0n) is 17.2. The van der Waals surface area contributed by atoms with Crippen molar-refractivity contribution in [1.82, 2.24) is 10.2 Å². The van der Waals surface area contributed by atoms with Crippen molar-refractivity contribution in [3.05, 3.63) is 24.3 Å². The number of benzene rings is 1. The minimum atomic E-state index is -0.646. The van der Waals surface area contributed by atoms with Crippen molar-refractivity contribution in [2.45, 2.75) is 25.4 Å². The molecule has 1 aromatic carbocycles. The van der Waals surface area contributed by atoms with Gasteiger partial charge in [-0.15, -0.1) is 0 Å². The lowest BCUT2D eigenvalue weighted by Gasteiger charge is -2.35. The van der Waals surface area contributed by atoms with Crippen molar-refractivity contribution < 1.29 is 19.1 Å². The van der Waals surface area contributed by atoms with Crippen molar-refractivity contribution >= 4 is 23.2 Å². The van der Waals surface area contributed by atoms with Gasteiger partial charge < -0.3 is 29.9 Å². The van der Waals surface area contributed by atoms with Gasteiger partial charge in [0.05, 0.1) is 24.1 Å². The SMILES string of the molecule is CN1CCN(c2ccccc2NC(=O)C(=O)NCCCOC[C@H]2CCCO2)CC1. The minimum absolute atomic E-state index is 0.204. The molecular formula is C21H32N4O4. The molecule has 0 aromatic heterocycles. The smallest absolute Gasteiger partial charge is 0.313 e. The van der Waals surface area contributed by atoms with Crippen molar-refractivity contribution in [2.24, 2.45) is 0 Å². The number of carbonyl (C=O) groups excluding carboxylic acids is 2. The van der Waals surface area contributed by atoms with Crippen LogP contribution >= 0.6 is 0 Å². The number of ether oxygens (including phenoxy) is 2. The highest BCUT2D eigenvalue weighted by molar-refractivity contribution is 6.39. The van der Waals surface area contributed by atoms with Gasteiger partial charge in [0, 0.05) is 45.9 Å². The maximum Gasteiger partial charge on any atom is 0.313 e. The first-order valence-electron chi connectivity index (χ1n) is 10.4. The number of anilines is 2. The predicted molar refractivity (Wildman–Crippen MR) is 112 cm³/mol. The normalized spacial score (nSPS) is 19.9. The van der Waals surface area contributed by atoms with Gasteiger partial charge in [0.15, 0.2) is 0 Å². The Hall–Kier alpha value is -2.16. The summed E-state index contributed by atoms with van der Waals surface area (Å²) in [4.78, 5) is 28.9. The van der Waals surface area contributed by atoms with E-state index in [1.807, 2.05) is 24.3 Å². The quantitative estimate of drug-likeness (QED) is 0.498. The van der Waals surface area contributed by atoms with Crippen molar-refractivity contribution in [3.63, 3.8) is 0 Å². The Labute approximate surface area is 172 Å². The van der Waals surface area contributed by atoms with Crippen LogP contribution in [0.2, 0.25) is 0 Å². The van der Waals surface area contributed by atoms with E-state index in [0.29, 0.717) is 31.9 Å². The number of hydrogen-bond donors (Lipinski definition) is 2. The Morgan fingerprint density at radius 1 is 1.17 bits per heavy atom. The van der Waals surface area contributed by atoms with Crippen LogP contribution in [-0.4, -0.2) is 82.4 Å². The topological polar surface area (TPSA) is 83.1 Å². The maximum absolute atomic E-state index is 12.3. The molecule has 2 aliphatic rings. The first-order valence-corrected chi connectivity index (χ1v) is 10.4. The Kier molecular flexibility index (Phi) is 8.27. The summed E-state index contributed by atoms with van der Waals surface area (Å²) in [5.74, 6) is -1.27. The molecule has 0 bridgehead atoms. The van der Waals surface area contributed by atoms with Crippen molar-refractivity contribution in [2.75, 3.05) is 69.8 Å². The summed E-state index contributed by atoms with van der Waals surface area (Å²) in [5, 5.41) is 5.41. The number of amides is 2. The highest BCUT2D eigenvalue weighted by Gasteiger charge is 2.20. The second-order valence-electron chi connectivity index (χ2n) is 7.58. The van der Waals surface area contributed by atoms with E-state index in [9.17, 15) is 9.59 Å². The molecule has 160 valence electrons. The van der Waals surface area contributed by atoms with Gasteiger partial charge >= 0.3 is 11.8 Å². The molecule has 2 amide bonds. The van der Waals surface area contributed by atoms with Gasteiger partial charge in [0.25, 0.3) is 0 Å². The maximum atomic E-state index is 12.3. The molecule has 3 rings (SSSR count). The summed E-state index contributed by atoms with van der Waals surface area (Å²) in [7, 11) is 2.10. The zero-order chi connectivity index (χ0) is 20.5. The summed E-state index contributed by atoms with van der Waals surface area (Å²) in [5.41, 5.74) is 1.61. The number of rotatable bonds is 8. The molecule has 2 aliphatic heterocycles. The molecule has 0 aliphatic carbocycles. The van der Waals surface area contributed by atoms with Crippen LogP contribution in [-0.2, 0) is 19.1 Å². The molecule has 2 fully saturated rings. The molecular weight excluding hydrogens is 372 g/mol. The average Bonchev–Trinajstić information content (AvgIpc) is 3.25. The van der Waals surface area contributed by atoms with Crippen molar-refractivity contribution in [1.29, 1.82) is 0 Å². The second kappa shape index (κ2) is 11.1. The van der Waals surface area contributed by atoms with Gasteiger partial charge in [-0.05, 0) is 38.4 Å². The molecule has 1 aromatic rings. The summed E-state index contributed by atoms with van der Waals surface area (Å²) in [6.07, 6.45) is 3.00. The fourth-order valence-electron chi connectivity index (χ4n) is 3.53. The Morgan fingerprint density at radius 2 is 1.97 bits per heavy atom. The van der Waals surface area contributed by atoms with Crippen LogP contribution in [0.25, 0.3) is 0 Å². The van der Waals surface area contributed by atoms with Crippen LogP contribution in [0.5, 0.6) is 0 Å². The largest absolute Gasteiger partial charge is 0.379 e. The molecule has 8 nitrogen and oxygen atoms in total. The van der Waals surface area contributed by atoms with E-state index in [1.165, 1.54) is 0 Å². The lowest BCUT2D eigenvalue weighted by molar-refractivity contribution is -0.136. The van der Waals surface area contributed by atoms with E-state index in [4.69, 9.17) is 9.47 Å². The van der Waals surface area contributed by atoms with E-state index in [-0.39, 0.29) is 6.10 Å². The third-order valence-corrected chi connectivity index (χ3v) is 5.28. The summed E-state index contributed by atoms with van der Waals surface area (Å²) in [6, 6.07) is 7.61. The highest BCUT2D eigenvalue weighted by atomic mass is 16.5. The van der Waals surface area contributed by atoms with Gasteiger partial charge in [-0.3, -0.25) is 9.59 Å². The van der Waals surface area contributed by atoms with Crippen LogP contribution in [0.1, 0.15) is 19.3 Å². The average molecular weight is 405 g/mol. The molecule has 2 heterocycles. The summed E-state index contributed by atoms with van der Waals surface area (Å²) in [6.45, 7) is 6.07. The predicted octanol–water partition coefficient (Wildman–Crippen LogP) is 1.08. The first-order chi connectivity index (χ1) is 14.1. The molecule has 0 radical (unpaired) electrons. The number of carbonyl (C=O) groups is 2. The van der Waals surface area contributed by atoms with Gasteiger partial charge in [-0.2, -0.15) is 0 Å². The highest BCUT2D eigenvalue weighted by Crippen LogP contribution is 2.26. The van der Waals surface area contributed by atoms with E-state index >= 15 is 0 Å². The summed E-state index contributed by atoms with van der Waals surface area (Å²) >= 11 is 0. The third kappa shape index (κ3) is 6.69. The molecule has 0 saturated carbocycles. The molecule has 29 heavy (non-hydrogen) atoms. The molecule has 0 unspecified atom stereocenters. The van der Waals surface area contributed by atoms with Crippen molar-refractivity contribution in [3.8, 4) is 0 Å². The second-order valence-corrected chi connectivity index (χ2v) is 7.58. The Morgan fingerprint density at radius 3 is 2.72 bits per heavy atom. The fourth-order valence-corrected chi connectivity index (χ4v) is 3.53. The van der Waals surface area contributed by atoms with Crippen LogP contribution < -0.4 is 15.5 Å². The molecule has 2 N–H and O–H groups in total. The standard InChI is InChI=1S/C21H32N4O4/c1-24-10-12-25(13-11-24)19-8-3-2-7-18(19)23-21(27)20(26)22-9-5-14-28-16-17-6-4-15-29-17/h2-3,7-8,17H,4-6,9-16H2,1H3,(H,22,26)(H,23,27)/t17-/m1/s1. The third-order valence-electron chi connectivity index (χ3n) is 5.28. The number of piperazine rings is 1. The fraction of sp³-hybridized carbons (Fsp3) is 0.619. The molecule has 8 heteroatoms. The van der Waals surface area contributed by atoms with E-state index in [1.54, 1.807) is 0 Å². The van der Waals surface area contributed by atoms with Crippen LogP contribution in [0, 0.1) is 0 Å². The lowest BCUT2D eigenvalue weighted by Crippen LogP contribution is -2.45. The summed E-state index contributed by atoms with van der Waals surface area (Å²) < 4.78 is 11.1. The van der Waals surface area contributed by atoms with Crippen LogP contribution in [0.4, 0.5) is 11.4 Å². The minimum Gasteiger partial charge on any atom is -0.379 e. The van der Waals surface area contributed by atoms with Gasteiger partial charge in [-0.25, -0.2) is 0 Å². The lowest BCUT2D eigenvalue weighted by atomic mass is 10.2. The molecule has 2 saturated heterocycles. The van der Waals surface area contributed by atoms with Gasteiger partial charge in [0.1, 0.15) is 0 Å². The van der Waals surface area contributed by atoms with E-state index < -0.39 is 11.8 Å². The number of nitrogens with one attached hydrogen (secondary N) is 2. The number of nitrogens with zero attached hydrogens (tertiary/aromatic N) is 2.